The molecule has 0 heterocycles. The Morgan fingerprint density at radius 2 is 1.80 bits per heavy atom. The lowest BCUT2D eigenvalue weighted by atomic mass is 10.1. The molecule has 0 spiro atoms. The number of phenolic OH excluding ortho intramolecular Hbond substituents is 2. The molecule has 0 bridgehead atoms. The SMILES string of the molecule is C=CCc1cc(C=Nc2cc3ccccc3cc2O)c(O)c(OC)c1. The lowest BCUT2D eigenvalue weighted by Crippen LogP contribution is -1.93. The number of aromatic hydroxyl groups is 2. The molecule has 0 aliphatic carbocycles. The van der Waals surface area contributed by atoms with Gasteiger partial charge in [-0.15, -0.1) is 6.58 Å². The monoisotopic (exact) mass is 333 g/mol. The highest BCUT2D eigenvalue weighted by atomic mass is 16.5. The van der Waals surface area contributed by atoms with Crippen molar-refractivity contribution in [2.75, 3.05) is 7.11 Å². The van der Waals surface area contributed by atoms with E-state index in [0.717, 1.165) is 16.3 Å². The smallest absolute Gasteiger partial charge is 0.166 e. The minimum atomic E-state index is 0.0133. The van der Waals surface area contributed by atoms with Gasteiger partial charge in [0.15, 0.2) is 11.5 Å². The van der Waals surface area contributed by atoms with Gasteiger partial charge in [0.2, 0.25) is 0 Å². The van der Waals surface area contributed by atoms with Crippen molar-refractivity contribution in [1.29, 1.82) is 0 Å². The first-order valence-electron chi connectivity index (χ1n) is 7.89. The van der Waals surface area contributed by atoms with Crippen LogP contribution in [0.4, 0.5) is 5.69 Å². The van der Waals surface area contributed by atoms with E-state index in [0.29, 0.717) is 23.4 Å². The van der Waals surface area contributed by atoms with E-state index in [1.807, 2.05) is 36.4 Å². The van der Waals surface area contributed by atoms with Gasteiger partial charge in [0, 0.05) is 11.8 Å². The molecule has 3 aromatic carbocycles. The molecule has 3 aromatic rings. The lowest BCUT2D eigenvalue weighted by molar-refractivity contribution is 0.372. The molecule has 0 saturated carbocycles. The maximum atomic E-state index is 10.3. The summed E-state index contributed by atoms with van der Waals surface area (Å²) >= 11 is 0. The Balaban J connectivity index is 2.03. The molecule has 0 unspecified atom stereocenters. The quantitative estimate of drug-likeness (QED) is 0.524. The van der Waals surface area contributed by atoms with Crippen molar-refractivity contribution in [3.63, 3.8) is 0 Å². The van der Waals surface area contributed by atoms with E-state index in [1.54, 1.807) is 18.2 Å². The van der Waals surface area contributed by atoms with Crippen LogP contribution >= 0.6 is 0 Å². The van der Waals surface area contributed by atoms with Crippen LogP contribution in [0.2, 0.25) is 0 Å². The number of benzene rings is 3. The number of ether oxygens (including phenoxy) is 1. The Hall–Kier alpha value is -3.27. The van der Waals surface area contributed by atoms with Crippen molar-refractivity contribution in [3.8, 4) is 17.2 Å². The van der Waals surface area contributed by atoms with Crippen LogP contribution in [-0.2, 0) is 6.42 Å². The summed E-state index contributed by atoms with van der Waals surface area (Å²) in [6.07, 6.45) is 3.95. The number of rotatable bonds is 5. The highest BCUT2D eigenvalue weighted by Crippen LogP contribution is 2.34. The van der Waals surface area contributed by atoms with E-state index in [2.05, 4.69) is 11.6 Å². The summed E-state index contributed by atoms with van der Waals surface area (Å²) < 4.78 is 5.21. The van der Waals surface area contributed by atoms with Gasteiger partial charge in [-0.2, -0.15) is 0 Å². The van der Waals surface area contributed by atoms with Crippen molar-refractivity contribution in [1.82, 2.24) is 0 Å². The summed E-state index contributed by atoms with van der Waals surface area (Å²) in [6, 6.07) is 14.8. The summed E-state index contributed by atoms with van der Waals surface area (Å²) in [5.41, 5.74) is 1.91. The van der Waals surface area contributed by atoms with Gasteiger partial charge >= 0.3 is 0 Å². The van der Waals surface area contributed by atoms with Crippen LogP contribution in [0.1, 0.15) is 11.1 Å². The molecule has 25 heavy (non-hydrogen) atoms. The Bertz CT molecular complexity index is 961. The van der Waals surface area contributed by atoms with Crippen molar-refractivity contribution in [3.05, 3.63) is 72.3 Å². The van der Waals surface area contributed by atoms with Gasteiger partial charge in [0.05, 0.1) is 7.11 Å². The fourth-order valence-corrected chi connectivity index (χ4v) is 2.69. The molecule has 0 aliphatic heterocycles. The van der Waals surface area contributed by atoms with Crippen LogP contribution in [0, 0.1) is 0 Å². The molecule has 0 amide bonds. The maximum Gasteiger partial charge on any atom is 0.166 e. The van der Waals surface area contributed by atoms with Crippen LogP contribution in [0.25, 0.3) is 10.8 Å². The zero-order valence-corrected chi connectivity index (χ0v) is 13.9. The second kappa shape index (κ2) is 7.09. The third-order valence-corrected chi connectivity index (χ3v) is 3.95. The summed E-state index contributed by atoms with van der Waals surface area (Å²) in [4.78, 5) is 4.35. The molecule has 4 nitrogen and oxygen atoms in total. The summed E-state index contributed by atoms with van der Waals surface area (Å²) in [5.74, 6) is 0.478. The average molecular weight is 333 g/mol. The number of allylic oxidation sites excluding steroid dienone is 1. The first-order valence-corrected chi connectivity index (χ1v) is 7.89. The first-order chi connectivity index (χ1) is 12.1. The fraction of sp³-hybridized carbons (Fsp3) is 0.0952. The molecular weight excluding hydrogens is 314 g/mol. The Morgan fingerprint density at radius 1 is 1.08 bits per heavy atom. The third-order valence-electron chi connectivity index (χ3n) is 3.95. The van der Waals surface area contributed by atoms with E-state index in [1.165, 1.54) is 13.3 Å². The summed E-state index contributed by atoms with van der Waals surface area (Å²) in [7, 11) is 1.50. The molecule has 0 aromatic heterocycles. The van der Waals surface area contributed by atoms with E-state index < -0.39 is 0 Å². The van der Waals surface area contributed by atoms with Gasteiger partial charge in [-0.05, 0) is 47.0 Å². The molecule has 0 atom stereocenters. The zero-order valence-electron chi connectivity index (χ0n) is 13.9. The Morgan fingerprint density at radius 3 is 2.48 bits per heavy atom. The van der Waals surface area contributed by atoms with Gasteiger partial charge in [-0.1, -0.05) is 30.3 Å². The Kier molecular flexibility index (Phi) is 4.70. The average Bonchev–Trinajstić information content (AvgIpc) is 2.62. The zero-order chi connectivity index (χ0) is 17.8. The van der Waals surface area contributed by atoms with Gasteiger partial charge in [-0.25, -0.2) is 0 Å². The third kappa shape index (κ3) is 3.48. The molecule has 0 radical (unpaired) electrons. The number of nitrogens with zero attached hydrogens (tertiary/aromatic N) is 1. The van der Waals surface area contributed by atoms with Gasteiger partial charge in [0.25, 0.3) is 0 Å². The van der Waals surface area contributed by atoms with Gasteiger partial charge in [-0.3, -0.25) is 4.99 Å². The largest absolute Gasteiger partial charge is 0.506 e. The van der Waals surface area contributed by atoms with Gasteiger partial charge in [0.1, 0.15) is 11.4 Å². The molecule has 2 N–H and O–H groups in total. The van der Waals surface area contributed by atoms with Crippen molar-refractivity contribution >= 4 is 22.7 Å². The molecule has 0 saturated heterocycles. The van der Waals surface area contributed by atoms with Crippen LogP contribution in [0.5, 0.6) is 17.2 Å². The van der Waals surface area contributed by atoms with Crippen LogP contribution in [-0.4, -0.2) is 23.5 Å². The van der Waals surface area contributed by atoms with E-state index in [-0.39, 0.29) is 11.5 Å². The van der Waals surface area contributed by atoms with Crippen molar-refractivity contribution in [2.45, 2.75) is 6.42 Å². The van der Waals surface area contributed by atoms with Crippen LogP contribution in [0.3, 0.4) is 0 Å². The predicted octanol–water partition coefficient (Wildman–Crippen LogP) is 4.74. The number of hydrogen-bond acceptors (Lipinski definition) is 4. The van der Waals surface area contributed by atoms with Crippen molar-refractivity contribution in [2.24, 2.45) is 4.99 Å². The number of methoxy groups -OCH3 is 1. The van der Waals surface area contributed by atoms with Gasteiger partial charge < -0.3 is 14.9 Å². The Labute approximate surface area is 146 Å². The summed E-state index contributed by atoms with van der Waals surface area (Å²) in [5, 5.41) is 22.4. The van der Waals surface area contributed by atoms with E-state index in [4.69, 9.17) is 4.74 Å². The standard InChI is InChI=1S/C21H19NO3/c1-3-6-14-9-17(21(24)20(10-14)25-2)13-22-18-11-15-7-4-5-8-16(15)12-19(18)23/h3-5,7-13,23-24H,1,6H2,2H3. The fourth-order valence-electron chi connectivity index (χ4n) is 2.69. The second-order valence-electron chi connectivity index (χ2n) is 5.67. The van der Waals surface area contributed by atoms with Crippen molar-refractivity contribution < 1.29 is 14.9 Å². The van der Waals surface area contributed by atoms with Crippen LogP contribution in [0.15, 0.2) is 66.2 Å². The number of phenols is 2. The molecule has 126 valence electrons. The maximum absolute atomic E-state index is 10.3. The van der Waals surface area contributed by atoms with E-state index >= 15 is 0 Å². The molecule has 0 aliphatic rings. The normalized spacial score (nSPS) is 11.1. The highest BCUT2D eigenvalue weighted by molar-refractivity contribution is 5.91. The number of hydrogen-bond donors (Lipinski definition) is 2. The molecule has 4 heteroatoms. The number of aliphatic imine (C=N–C) groups is 1. The summed E-state index contributed by atoms with van der Waals surface area (Å²) in [6.45, 7) is 3.73. The molecule has 3 rings (SSSR count). The van der Waals surface area contributed by atoms with E-state index in [9.17, 15) is 10.2 Å². The predicted molar refractivity (Wildman–Crippen MR) is 101 cm³/mol. The highest BCUT2D eigenvalue weighted by Gasteiger charge is 2.09. The first kappa shape index (κ1) is 16.6. The molecule has 0 fully saturated rings. The lowest BCUT2D eigenvalue weighted by Gasteiger charge is -2.09. The number of fused-ring (bicyclic) bond motifs is 1. The molecular formula is C21H19NO3. The minimum absolute atomic E-state index is 0.0133. The topological polar surface area (TPSA) is 62.1 Å². The van der Waals surface area contributed by atoms with Crippen LogP contribution < -0.4 is 4.74 Å². The minimum Gasteiger partial charge on any atom is -0.506 e. The second-order valence-corrected chi connectivity index (χ2v) is 5.67.